The van der Waals surface area contributed by atoms with Crippen LogP contribution in [0.3, 0.4) is 0 Å². The van der Waals surface area contributed by atoms with Gasteiger partial charge >= 0.3 is 0 Å². The van der Waals surface area contributed by atoms with Gasteiger partial charge in [-0.3, -0.25) is 4.79 Å². The van der Waals surface area contributed by atoms with Gasteiger partial charge < -0.3 is 25.0 Å². The van der Waals surface area contributed by atoms with Crippen molar-refractivity contribution in [1.29, 1.82) is 0 Å². The second kappa shape index (κ2) is 10.2. The van der Waals surface area contributed by atoms with Gasteiger partial charge in [0.2, 0.25) is 0 Å². The molecule has 0 spiro atoms. The molecule has 3 heterocycles. The van der Waals surface area contributed by atoms with Crippen molar-refractivity contribution < 1.29 is 4.79 Å². The van der Waals surface area contributed by atoms with Crippen LogP contribution in [-0.2, 0) is 0 Å². The van der Waals surface area contributed by atoms with Crippen LogP contribution in [0.15, 0.2) is 48.5 Å². The molecule has 0 bridgehead atoms. The SMILES string of the molecule is CCN1CCN(C(=O)c2ccc(N3CCC(N[C@H](C)c4nc5ccccc5[nH]4)CC3)cc2)CC1. The number of hydrogen-bond acceptors (Lipinski definition) is 5. The van der Waals surface area contributed by atoms with Crippen LogP contribution in [0.4, 0.5) is 5.69 Å². The third kappa shape index (κ3) is 4.95. The van der Waals surface area contributed by atoms with Crippen molar-refractivity contribution in [3.8, 4) is 0 Å². The predicted octanol–water partition coefficient (Wildman–Crippen LogP) is 3.66. The average molecular weight is 461 g/mol. The summed E-state index contributed by atoms with van der Waals surface area (Å²) < 4.78 is 0. The first-order chi connectivity index (χ1) is 16.6. The van der Waals surface area contributed by atoms with Crippen LogP contribution in [0, 0.1) is 0 Å². The number of anilines is 1. The van der Waals surface area contributed by atoms with E-state index in [0.29, 0.717) is 6.04 Å². The lowest BCUT2D eigenvalue weighted by molar-refractivity contribution is 0.0643. The zero-order chi connectivity index (χ0) is 23.5. The molecule has 2 aromatic carbocycles. The number of benzene rings is 2. The Kier molecular flexibility index (Phi) is 6.83. The van der Waals surface area contributed by atoms with Gasteiger partial charge in [0.05, 0.1) is 17.1 Å². The monoisotopic (exact) mass is 460 g/mol. The van der Waals surface area contributed by atoms with Crippen molar-refractivity contribution in [3.05, 3.63) is 59.9 Å². The summed E-state index contributed by atoms with van der Waals surface area (Å²) in [4.78, 5) is 27.9. The van der Waals surface area contributed by atoms with E-state index in [0.717, 1.165) is 81.1 Å². The van der Waals surface area contributed by atoms with Crippen LogP contribution in [-0.4, -0.2) is 77.5 Å². The maximum absolute atomic E-state index is 12.9. The molecule has 3 aromatic rings. The molecule has 2 N–H and O–H groups in total. The molecule has 1 atom stereocenters. The maximum Gasteiger partial charge on any atom is 0.253 e. The van der Waals surface area contributed by atoms with Crippen LogP contribution in [0.5, 0.6) is 0 Å². The number of aromatic nitrogens is 2. The molecule has 0 radical (unpaired) electrons. The summed E-state index contributed by atoms with van der Waals surface area (Å²) in [5, 5.41) is 3.76. The molecular formula is C27H36N6O. The van der Waals surface area contributed by atoms with Crippen molar-refractivity contribution in [2.45, 2.75) is 38.8 Å². The van der Waals surface area contributed by atoms with Gasteiger partial charge in [-0.15, -0.1) is 0 Å². The molecular weight excluding hydrogens is 424 g/mol. The standard InChI is InChI=1S/C27H36N6O/c1-3-31-16-18-33(19-17-31)27(34)21-8-10-23(11-9-21)32-14-12-22(13-15-32)28-20(2)26-29-24-6-4-5-7-25(24)30-26/h4-11,20,22,28H,3,12-19H2,1-2H3,(H,29,30)/t20-/m1/s1. The zero-order valence-electron chi connectivity index (χ0n) is 20.3. The number of imidazole rings is 1. The number of nitrogens with one attached hydrogen (secondary N) is 2. The topological polar surface area (TPSA) is 67.5 Å². The number of aromatic amines is 1. The van der Waals surface area contributed by atoms with Crippen molar-refractivity contribution in [2.75, 3.05) is 50.7 Å². The Morgan fingerprint density at radius 2 is 1.74 bits per heavy atom. The Morgan fingerprint density at radius 3 is 2.41 bits per heavy atom. The molecule has 2 aliphatic heterocycles. The number of piperidine rings is 1. The molecule has 7 heteroatoms. The number of para-hydroxylation sites is 2. The molecule has 0 unspecified atom stereocenters. The van der Waals surface area contributed by atoms with E-state index in [1.54, 1.807) is 0 Å². The largest absolute Gasteiger partial charge is 0.371 e. The molecule has 1 amide bonds. The Hall–Kier alpha value is -2.90. The fraction of sp³-hybridized carbons (Fsp3) is 0.481. The van der Waals surface area contributed by atoms with Crippen molar-refractivity contribution >= 4 is 22.6 Å². The first kappa shape index (κ1) is 22.9. The molecule has 2 aliphatic rings. The van der Waals surface area contributed by atoms with Crippen LogP contribution < -0.4 is 10.2 Å². The van der Waals surface area contributed by atoms with Crippen LogP contribution >= 0.6 is 0 Å². The number of nitrogens with zero attached hydrogens (tertiary/aromatic N) is 4. The van der Waals surface area contributed by atoms with E-state index in [1.807, 2.05) is 35.2 Å². The number of hydrogen-bond donors (Lipinski definition) is 2. The van der Waals surface area contributed by atoms with E-state index in [2.05, 4.69) is 52.1 Å². The predicted molar refractivity (Wildman–Crippen MR) is 137 cm³/mol. The quantitative estimate of drug-likeness (QED) is 0.588. The minimum absolute atomic E-state index is 0.157. The fourth-order valence-corrected chi connectivity index (χ4v) is 5.18. The highest BCUT2D eigenvalue weighted by Gasteiger charge is 2.24. The third-order valence-electron chi connectivity index (χ3n) is 7.38. The Bertz CT molecular complexity index is 1060. The van der Waals surface area contributed by atoms with Gasteiger partial charge in [0.1, 0.15) is 5.82 Å². The molecule has 0 saturated carbocycles. The van der Waals surface area contributed by atoms with Crippen molar-refractivity contribution in [1.82, 2.24) is 25.1 Å². The maximum atomic E-state index is 12.9. The second-order valence-electron chi connectivity index (χ2n) is 9.56. The number of carbonyl (C=O) groups excluding carboxylic acids is 1. The van der Waals surface area contributed by atoms with E-state index >= 15 is 0 Å². The van der Waals surface area contributed by atoms with Gasteiger partial charge in [-0.05, 0) is 62.7 Å². The normalized spacial score (nSPS) is 19.0. The number of fused-ring (bicyclic) bond motifs is 1. The molecule has 0 aliphatic carbocycles. The van der Waals surface area contributed by atoms with E-state index < -0.39 is 0 Å². The number of carbonyl (C=O) groups is 1. The summed E-state index contributed by atoms with van der Waals surface area (Å²) in [7, 11) is 0. The molecule has 2 saturated heterocycles. The van der Waals surface area contributed by atoms with Gasteiger partial charge in [0.25, 0.3) is 5.91 Å². The number of piperazine rings is 1. The number of H-pyrrole nitrogens is 1. The van der Waals surface area contributed by atoms with Gasteiger partial charge in [-0.25, -0.2) is 4.98 Å². The summed E-state index contributed by atoms with van der Waals surface area (Å²) >= 11 is 0. The first-order valence-corrected chi connectivity index (χ1v) is 12.7. The van der Waals surface area contributed by atoms with E-state index in [4.69, 9.17) is 4.98 Å². The van der Waals surface area contributed by atoms with Gasteiger partial charge in [0, 0.05) is 56.6 Å². The highest BCUT2D eigenvalue weighted by Crippen LogP contribution is 2.23. The first-order valence-electron chi connectivity index (χ1n) is 12.7. The highest BCUT2D eigenvalue weighted by molar-refractivity contribution is 5.94. The lowest BCUT2D eigenvalue weighted by Gasteiger charge is -2.35. The number of rotatable bonds is 6. The smallest absolute Gasteiger partial charge is 0.253 e. The second-order valence-corrected chi connectivity index (χ2v) is 9.56. The van der Waals surface area contributed by atoms with Crippen LogP contribution in [0.1, 0.15) is 48.9 Å². The molecule has 180 valence electrons. The van der Waals surface area contributed by atoms with Gasteiger partial charge in [-0.1, -0.05) is 19.1 Å². The van der Waals surface area contributed by atoms with Gasteiger partial charge in [-0.2, -0.15) is 0 Å². The summed E-state index contributed by atoms with van der Waals surface area (Å²) in [6, 6.07) is 17.1. The van der Waals surface area contributed by atoms with E-state index in [-0.39, 0.29) is 11.9 Å². The van der Waals surface area contributed by atoms with E-state index in [9.17, 15) is 4.79 Å². The third-order valence-corrected chi connectivity index (χ3v) is 7.38. The number of amides is 1. The summed E-state index contributed by atoms with van der Waals surface area (Å²) in [6.07, 6.45) is 2.18. The van der Waals surface area contributed by atoms with Crippen molar-refractivity contribution in [3.63, 3.8) is 0 Å². The zero-order valence-corrected chi connectivity index (χ0v) is 20.3. The average Bonchev–Trinajstić information content (AvgIpc) is 3.34. The Morgan fingerprint density at radius 1 is 1.03 bits per heavy atom. The summed E-state index contributed by atoms with van der Waals surface area (Å²) in [5.74, 6) is 1.16. The lowest BCUT2D eigenvalue weighted by atomic mass is 10.0. The fourth-order valence-electron chi connectivity index (χ4n) is 5.18. The summed E-state index contributed by atoms with van der Waals surface area (Å²) in [5.41, 5.74) is 4.11. The molecule has 2 fully saturated rings. The Balaban J connectivity index is 1.12. The highest BCUT2D eigenvalue weighted by atomic mass is 16.2. The van der Waals surface area contributed by atoms with Gasteiger partial charge in [0.15, 0.2) is 0 Å². The minimum atomic E-state index is 0.157. The lowest BCUT2D eigenvalue weighted by Crippen LogP contribution is -2.48. The minimum Gasteiger partial charge on any atom is -0.371 e. The Labute approximate surface area is 202 Å². The van der Waals surface area contributed by atoms with Crippen LogP contribution in [0.25, 0.3) is 11.0 Å². The molecule has 34 heavy (non-hydrogen) atoms. The molecule has 5 rings (SSSR count). The van der Waals surface area contributed by atoms with Crippen molar-refractivity contribution in [2.24, 2.45) is 0 Å². The van der Waals surface area contributed by atoms with E-state index in [1.165, 1.54) is 5.69 Å². The molecule has 1 aromatic heterocycles. The summed E-state index contributed by atoms with van der Waals surface area (Å²) in [6.45, 7) is 11.0. The van der Waals surface area contributed by atoms with Crippen LogP contribution in [0.2, 0.25) is 0 Å². The number of likely N-dealkylation sites (N-methyl/N-ethyl adjacent to an activating group) is 1. The molecule has 7 nitrogen and oxygen atoms in total.